The molecule has 11 aromatic rings. The Morgan fingerprint density at radius 1 is 0.188 bits per heavy atom. The van der Waals surface area contributed by atoms with E-state index in [1.165, 1.54) is 122 Å². The Kier molecular flexibility index (Phi) is 10.1. The molecule has 0 spiro atoms. The van der Waals surface area contributed by atoms with Gasteiger partial charge < -0.3 is 0 Å². The number of aryl methyl sites for hydroxylation is 2. The Morgan fingerprint density at radius 3 is 0.891 bits per heavy atom. The van der Waals surface area contributed by atoms with Gasteiger partial charge in [0.15, 0.2) is 0 Å². The van der Waals surface area contributed by atoms with Crippen LogP contribution in [0.15, 0.2) is 243 Å². The van der Waals surface area contributed by atoms with Gasteiger partial charge in [-0.1, -0.05) is 218 Å². The third kappa shape index (κ3) is 7.10. The molecule has 0 saturated carbocycles. The molecule has 0 radical (unpaired) electrons. The van der Waals surface area contributed by atoms with Gasteiger partial charge in [-0.25, -0.2) is 0 Å². The minimum absolute atomic E-state index is 1.19. The summed E-state index contributed by atoms with van der Waals surface area (Å²) in [6.07, 6.45) is 0. The smallest absolute Gasteiger partial charge is 0.00199 e. The van der Waals surface area contributed by atoms with Crippen LogP contribution in [0.4, 0.5) is 0 Å². The Labute approximate surface area is 376 Å². The van der Waals surface area contributed by atoms with Crippen molar-refractivity contribution in [3.63, 3.8) is 0 Å². The number of rotatable bonds is 8. The second-order valence-electron chi connectivity index (χ2n) is 16.9. The van der Waals surface area contributed by atoms with E-state index in [1.54, 1.807) is 0 Å². The maximum absolute atomic E-state index is 2.46. The number of hydrogen-bond acceptors (Lipinski definition) is 0. The van der Waals surface area contributed by atoms with E-state index < -0.39 is 0 Å². The highest BCUT2D eigenvalue weighted by atomic mass is 14.3. The molecule has 0 saturated heterocycles. The second kappa shape index (κ2) is 16.7. The van der Waals surface area contributed by atoms with Crippen molar-refractivity contribution in [2.24, 2.45) is 0 Å². The summed E-state index contributed by atoms with van der Waals surface area (Å²) in [5, 5.41) is 4.89. The van der Waals surface area contributed by atoms with Gasteiger partial charge in [-0.05, 0) is 160 Å². The van der Waals surface area contributed by atoms with Crippen LogP contribution in [0.25, 0.3) is 111 Å². The summed E-state index contributed by atoms with van der Waals surface area (Å²) in [6, 6.07) is 89.4. The lowest BCUT2D eigenvalue weighted by atomic mass is 9.80. The summed E-state index contributed by atoms with van der Waals surface area (Å²) in [5.41, 5.74) is 21.9. The molecule has 11 aromatic carbocycles. The van der Waals surface area contributed by atoms with E-state index in [0.29, 0.717) is 0 Å². The van der Waals surface area contributed by atoms with E-state index >= 15 is 0 Å². The van der Waals surface area contributed by atoms with Crippen molar-refractivity contribution in [2.75, 3.05) is 0 Å². The van der Waals surface area contributed by atoms with Crippen LogP contribution in [0.2, 0.25) is 0 Å². The summed E-state index contributed by atoms with van der Waals surface area (Å²) >= 11 is 0. The van der Waals surface area contributed by atoms with E-state index in [9.17, 15) is 0 Å². The standard InChI is InChI=1S/C64H46/c1-43-19-15-17-29-53(43)51-33-37-57-61(41-51)63(55-35-31-49(45-21-7-3-8-22-45)39-59(55)47-25-11-5-12-26-47)58-38-34-52(54-30-18-16-20-44(54)2)42-62(58)64(57)56-36-32-50(46-23-9-4-10-24-46)40-60(56)48-27-13-6-14-28-48/h3-42H,1-2H3. The largest absolute Gasteiger partial charge is 0.0622 e. The molecule has 0 nitrogen and oxygen atoms in total. The maximum atomic E-state index is 2.46. The van der Waals surface area contributed by atoms with E-state index in [1.807, 2.05) is 0 Å². The van der Waals surface area contributed by atoms with Crippen molar-refractivity contribution < 1.29 is 0 Å². The molecule has 0 aliphatic carbocycles. The van der Waals surface area contributed by atoms with Crippen molar-refractivity contribution >= 4 is 21.5 Å². The molecule has 0 N–H and O–H groups in total. The Balaban J connectivity index is 1.31. The summed E-state index contributed by atoms with van der Waals surface area (Å²) in [5.74, 6) is 0. The highest BCUT2D eigenvalue weighted by molar-refractivity contribution is 6.24. The Bertz CT molecular complexity index is 3240. The molecule has 0 aliphatic rings. The minimum atomic E-state index is 1.19. The summed E-state index contributed by atoms with van der Waals surface area (Å²) in [7, 11) is 0. The van der Waals surface area contributed by atoms with Gasteiger partial charge in [0.05, 0.1) is 0 Å². The molecular formula is C64H46. The van der Waals surface area contributed by atoms with Gasteiger partial charge in [-0.3, -0.25) is 0 Å². The van der Waals surface area contributed by atoms with Crippen LogP contribution in [-0.2, 0) is 0 Å². The molecule has 0 amide bonds. The van der Waals surface area contributed by atoms with E-state index in [-0.39, 0.29) is 0 Å². The Morgan fingerprint density at radius 2 is 0.516 bits per heavy atom. The maximum Gasteiger partial charge on any atom is -0.00199 e. The first kappa shape index (κ1) is 38.8. The van der Waals surface area contributed by atoms with Crippen LogP contribution in [0.1, 0.15) is 11.1 Å². The van der Waals surface area contributed by atoms with Crippen LogP contribution in [0, 0.1) is 13.8 Å². The number of benzene rings is 11. The highest BCUT2D eigenvalue weighted by Gasteiger charge is 2.23. The van der Waals surface area contributed by atoms with Crippen LogP contribution in [0.3, 0.4) is 0 Å². The molecule has 11 rings (SSSR count). The van der Waals surface area contributed by atoms with E-state index in [2.05, 4.69) is 257 Å². The van der Waals surface area contributed by atoms with Crippen molar-refractivity contribution in [1.29, 1.82) is 0 Å². The van der Waals surface area contributed by atoms with Gasteiger partial charge in [-0.2, -0.15) is 0 Å². The van der Waals surface area contributed by atoms with Crippen molar-refractivity contribution in [1.82, 2.24) is 0 Å². The molecule has 64 heavy (non-hydrogen) atoms. The predicted octanol–water partition coefficient (Wildman–Crippen LogP) is 17.9. The van der Waals surface area contributed by atoms with Gasteiger partial charge in [0.1, 0.15) is 0 Å². The lowest BCUT2D eigenvalue weighted by Crippen LogP contribution is -1.96. The lowest BCUT2D eigenvalue weighted by molar-refractivity contribution is 1.46. The summed E-state index contributed by atoms with van der Waals surface area (Å²) < 4.78 is 0. The zero-order valence-corrected chi connectivity index (χ0v) is 36.1. The van der Waals surface area contributed by atoms with Crippen LogP contribution in [-0.4, -0.2) is 0 Å². The minimum Gasteiger partial charge on any atom is -0.0622 e. The fourth-order valence-corrected chi connectivity index (χ4v) is 9.80. The molecule has 0 atom stereocenters. The third-order valence-electron chi connectivity index (χ3n) is 13.0. The monoisotopic (exact) mass is 814 g/mol. The quantitative estimate of drug-likeness (QED) is 0.134. The molecule has 0 bridgehead atoms. The first-order chi connectivity index (χ1) is 31.6. The van der Waals surface area contributed by atoms with E-state index in [4.69, 9.17) is 0 Å². The Hall–Kier alpha value is -8.06. The average Bonchev–Trinajstić information content (AvgIpc) is 3.36. The molecule has 0 heteroatoms. The summed E-state index contributed by atoms with van der Waals surface area (Å²) in [6.45, 7) is 4.44. The molecule has 0 aliphatic heterocycles. The normalized spacial score (nSPS) is 11.3. The molecule has 0 heterocycles. The van der Waals surface area contributed by atoms with Gasteiger partial charge >= 0.3 is 0 Å². The van der Waals surface area contributed by atoms with Gasteiger partial charge in [0.25, 0.3) is 0 Å². The number of hydrogen-bond donors (Lipinski definition) is 0. The second-order valence-corrected chi connectivity index (χ2v) is 16.9. The first-order valence-electron chi connectivity index (χ1n) is 22.2. The van der Waals surface area contributed by atoms with Crippen molar-refractivity contribution in [3.8, 4) is 89.0 Å². The predicted molar refractivity (Wildman–Crippen MR) is 274 cm³/mol. The zero-order valence-electron chi connectivity index (χ0n) is 36.1. The van der Waals surface area contributed by atoms with Gasteiger partial charge in [0.2, 0.25) is 0 Å². The molecule has 302 valence electrons. The van der Waals surface area contributed by atoms with Crippen molar-refractivity contribution in [3.05, 3.63) is 254 Å². The zero-order chi connectivity index (χ0) is 43.0. The van der Waals surface area contributed by atoms with Gasteiger partial charge in [-0.15, -0.1) is 0 Å². The summed E-state index contributed by atoms with van der Waals surface area (Å²) in [4.78, 5) is 0. The molecule has 0 fully saturated rings. The highest BCUT2D eigenvalue weighted by Crippen LogP contribution is 2.50. The van der Waals surface area contributed by atoms with Crippen molar-refractivity contribution in [2.45, 2.75) is 13.8 Å². The average molecular weight is 815 g/mol. The lowest BCUT2D eigenvalue weighted by Gasteiger charge is -2.23. The SMILES string of the molecule is Cc1ccccc1-c1ccc2c(-c3ccc(-c4ccccc4)cc3-c3ccccc3)c3cc(-c4ccccc4C)ccc3c(-c3ccc(-c4ccccc4)cc3-c3ccccc3)c2c1. The first-order valence-corrected chi connectivity index (χ1v) is 22.2. The van der Waals surface area contributed by atoms with Crippen LogP contribution >= 0.6 is 0 Å². The van der Waals surface area contributed by atoms with E-state index in [0.717, 1.165) is 0 Å². The topological polar surface area (TPSA) is 0 Å². The third-order valence-corrected chi connectivity index (χ3v) is 13.0. The fraction of sp³-hybridized carbons (Fsp3) is 0.0312. The van der Waals surface area contributed by atoms with Crippen LogP contribution in [0.5, 0.6) is 0 Å². The van der Waals surface area contributed by atoms with Crippen LogP contribution < -0.4 is 0 Å². The van der Waals surface area contributed by atoms with Gasteiger partial charge in [0, 0.05) is 0 Å². The molecular weight excluding hydrogens is 769 g/mol. The number of fused-ring (bicyclic) bond motifs is 2. The molecule has 0 aromatic heterocycles. The molecule has 0 unspecified atom stereocenters. The fourth-order valence-electron chi connectivity index (χ4n) is 9.80.